The average molecular weight is 643 g/mol. The Kier molecular flexibility index (Phi) is 11.2. The molecule has 0 N–H and O–H groups in total. The van der Waals surface area contributed by atoms with Gasteiger partial charge in [-0.2, -0.15) is 0 Å². The Morgan fingerprint density at radius 1 is 0.422 bits per heavy atom. The maximum atomic E-state index is 6.53. The van der Waals surface area contributed by atoms with E-state index in [0.29, 0.717) is 40.1 Å². The standard InChI is InChI=1S/C36H36O7P2/c1-26-15-6-10-20-31(26)39-44(40-32-21-11-7-16-27(32)2)38-25-30-19-14-24-35(37-5)36(30)43-45(41-33-22-12-8-17-28(33)3)42-34-23-13-9-18-29(34)4/h6-24H,25H2,1-5H3. The molecule has 0 fully saturated rings. The van der Waals surface area contributed by atoms with Crippen molar-refractivity contribution in [1.29, 1.82) is 0 Å². The van der Waals surface area contributed by atoms with Crippen LogP contribution in [-0.2, 0) is 11.1 Å². The van der Waals surface area contributed by atoms with Crippen molar-refractivity contribution in [3.63, 3.8) is 0 Å². The second-order valence-corrected chi connectivity index (χ2v) is 12.3. The van der Waals surface area contributed by atoms with Crippen LogP contribution in [0.4, 0.5) is 0 Å². The van der Waals surface area contributed by atoms with Gasteiger partial charge in [-0.1, -0.05) is 84.9 Å². The molecule has 0 aromatic heterocycles. The number of para-hydroxylation sites is 5. The fraction of sp³-hybridized carbons (Fsp3) is 0.167. The molecule has 5 rings (SSSR count). The molecule has 0 heterocycles. The van der Waals surface area contributed by atoms with Crippen molar-refractivity contribution in [3.8, 4) is 34.5 Å². The first-order valence-electron chi connectivity index (χ1n) is 14.4. The smallest absolute Gasteiger partial charge is 0.493 e. The second kappa shape index (κ2) is 15.6. The lowest BCUT2D eigenvalue weighted by atomic mass is 10.2. The minimum absolute atomic E-state index is 0.105. The molecule has 9 heteroatoms. The van der Waals surface area contributed by atoms with E-state index in [0.717, 1.165) is 22.3 Å². The summed E-state index contributed by atoms with van der Waals surface area (Å²) in [6.45, 7) is 8.02. The van der Waals surface area contributed by atoms with E-state index in [1.807, 2.05) is 143 Å². The summed E-state index contributed by atoms with van der Waals surface area (Å²) in [7, 11) is -2.23. The highest BCUT2D eigenvalue weighted by Crippen LogP contribution is 2.49. The maximum Gasteiger partial charge on any atom is 0.530 e. The number of aryl methyl sites for hydroxylation is 4. The van der Waals surface area contributed by atoms with Gasteiger partial charge >= 0.3 is 17.2 Å². The molecule has 0 saturated carbocycles. The summed E-state index contributed by atoms with van der Waals surface area (Å²) in [6, 6.07) is 36.6. The SMILES string of the molecule is COc1cccc(COP(Oc2ccccc2C)Oc2ccccc2C)c1OP(Oc1ccccc1C)Oc1ccccc1C. The Balaban J connectivity index is 1.43. The lowest BCUT2D eigenvalue weighted by Gasteiger charge is -2.23. The molecule has 0 atom stereocenters. The van der Waals surface area contributed by atoms with Crippen molar-refractivity contribution in [2.45, 2.75) is 34.3 Å². The van der Waals surface area contributed by atoms with E-state index < -0.39 is 17.2 Å². The monoisotopic (exact) mass is 642 g/mol. The first-order chi connectivity index (χ1) is 21.9. The Labute approximate surface area is 267 Å². The normalized spacial score (nSPS) is 10.9. The molecular weight excluding hydrogens is 606 g/mol. The number of hydrogen-bond donors (Lipinski definition) is 0. The quantitative estimate of drug-likeness (QED) is 0.112. The summed E-state index contributed by atoms with van der Waals surface area (Å²) in [5.74, 6) is 3.63. The highest BCUT2D eigenvalue weighted by Gasteiger charge is 2.27. The molecule has 0 unspecified atom stereocenters. The van der Waals surface area contributed by atoms with E-state index in [9.17, 15) is 0 Å². The van der Waals surface area contributed by atoms with Crippen LogP contribution in [0.25, 0.3) is 0 Å². The molecule has 232 valence electrons. The van der Waals surface area contributed by atoms with Crippen LogP contribution < -0.4 is 27.4 Å². The molecule has 0 radical (unpaired) electrons. The van der Waals surface area contributed by atoms with Gasteiger partial charge < -0.3 is 27.4 Å². The van der Waals surface area contributed by atoms with Gasteiger partial charge in [0.25, 0.3) is 0 Å². The number of methoxy groups -OCH3 is 1. The van der Waals surface area contributed by atoms with Crippen LogP contribution in [0.2, 0.25) is 0 Å². The Morgan fingerprint density at radius 3 is 1.20 bits per heavy atom. The summed E-state index contributed by atoms with van der Waals surface area (Å²) in [5, 5.41) is 0. The molecule has 45 heavy (non-hydrogen) atoms. The highest BCUT2D eigenvalue weighted by molar-refractivity contribution is 7.43. The molecule has 0 amide bonds. The number of hydrogen-bond acceptors (Lipinski definition) is 7. The fourth-order valence-electron chi connectivity index (χ4n) is 4.22. The molecule has 0 spiro atoms. The Hall–Kier alpha value is -4.28. The molecule has 7 nitrogen and oxygen atoms in total. The van der Waals surface area contributed by atoms with E-state index in [4.69, 9.17) is 31.9 Å². The second-order valence-electron chi connectivity index (χ2n) is 10.2. The number of ether oxygens (including phenoxy) is 1. The van der Waals surface area contributed by atoms with Crippen LogP contribution in [0, 0.1) is 27.7 Å². The van der Waals surface area contributed by atoms with Crippen molar-refractivity contribution in [2.24, 2.45) is 0 Å². The van der Waals surface area contributed by atoms with E-state index in [1.54, 1.807) is 7.11 Å². The van der Waals surface area contributed by atoms with Crippen LogP contribution in [0.15, 0.2) is 115 Å². The highest BCUT2D eigenvalue weighted by atomic mass is 31.2. The van der Waals surface area contributed by atoms with Crippen LogP contribution in [-0.4, -0.2) is 7.11 Å². The molecule has 0 aliphatic carbocycles. The predicted molar refractivity (Wildman–Crippen MR) is 179 cm³/mol. The number of rotatable bonds is 14. The van der Waals surface area contributed by atoms with Crippen LogP contribution in [0.1, 0.15) is 27.8 Å². The number of benzene rings is 5. The molecule has 5 aromatic rings. The van der Waals surface area contributed by atoms with Crippen LogP contribution in [0.5, 0.6) is 34.5 Å². The first-order valence-corrected chi connectivity index (χ1v) is 16.6. The predicted octanol–water partition coefficient (Wildman–Crippen LogP) is 10.6. The molecule has 0 aliphatic heterocycles. The van der Waals surface area contributed by atoms with Crippen molar-refractivity contribution in [3.05, 3.63) is 143 Å². The molecule has 0 aliphatic rings. The van der Waals surface area contributed by atoms with E-state index in [2.05, 4.69) is 0 Å². The molecular formula is C36H36O7P2. The zero-order valence-electron chi connectivity index (χ0n) is 25.9. The molecule has 0 saturated heterocycles. The van der Waals surface area contributed by atoms with E-state index >= 15 is 0 Å². The summed E-state index contributed by atoms with van der Waals surface area (Å²) >= 11 is 0. The van der Waals surface area contributed by atoms with Gasteiger partial charge in [0.1, 0.15) is 23.0 Å². The maximum absolute atomic E-state index is 6.53. The Bertz CT molecular complexity index is 1620. The third-order valence-electron chi connectivity index (χ3n) is 6.84. The van der Waals surface area contributed by atoms with Gasteiger partial charge in [0.15, 0.2) is 11.5 Å². The van der Waals surface area contributed by atoms with Gasteiger partial charge in [-0.15, -0.1) is 0 Å². The average Bonchev–Trinajstić information content (AvgIpc) is 3.04. The van der Waals surface area contributed by atoms with E-state index in [1.165, 1.54) is 0 Å². The van der Waals surface area contributed by atoms with Crippen molar-refractivity contribution < 1.29 is 31.9 Å². The topological polar surface area (TPSA) is 64.6 Å². The van der Waals surface area contributed by atoms with Crippen LogP contribution >= 0.6 is 17.2 Å². The van der Waals surface area contributed by atoms with Gasteiger partial charge in [-0.05, 0) is 80.3 Å². The lowest BCUT2D eigenvalue weighted by Crippen LogP contribution is -2.07. The van der Waals surface area contributed by atoms with E-state index in [-0.39, 0.29) is 6.61 Å². The fourth-order valence-corrected chi connectivity index (χ4v) is 6.54. The van der Waals surface area contributed by atoms with Gasteiger partial charge in [0.2, 0.25) is 0 Å². The van der Waals surface area contributed by atoms with Gasteiger partial charge in [-0.3, -0.25) is 4.52 Å². The summed E-state index contributed by atoms with van der Waals surface area (Å²) in [4.78, 5) is 0. The van der Waals surface area contributed by atoms with Gasteiger partial charge in [0.05, 0.1) is 13.7 Å². The van der Waals surface area contributed by atoms with Crippen LogP contribution in [0.3, 0.4) is 0 Å². The summed E-state index contributed by atoms with van der Waals surface area (Å²) < 4.78 is 43.9. The third kappa shape index (κ3) is 8.67. The lowest BCUT2D eigenvalue weighted by molar-refractivity contribution is 0.251. The zero-order valence-corrected chi connectivity index (χ0v) is 27.7. The third-order valence-corrected chi connectivity index (χ3v) is 8.89. The minimum Gasteiger partial charge on any atom is -0.493 e. The molecule has 0 bridgehead atoms. The first kappa shape index (κ1) is 32.1. The summed E-state index contributed by atoms with van der Waals surface area (Å²) in [6.07, 6.45) is 0. The largest absolute Gasteiger partial charge is 0.530 e. The van der Waals surface area contributed by atoms with Crippen molar-refractivity contribution >= 4 is 17.2 Å². The zero-order chi connectivity index (χ0) is 31.6. The van der Waals surface area contributed by atoms with Gasteiger partial charge in [-0.25, -0.2) is 0 Å². The summed E-state index contributed by atoms with van der Waals surface area (Å²) in [5.41, 5.74) is 4.56. The molecule has 5 aromatic carbocycles. The Morgan fingerprint density at radius 2 is 0.800 bits per heavy atom. The van der Waals surface area contributed by atoms with Gasteiger partial charge in [0, 0.05) is 5.56 Å². The minimum atomic E-state index is -1.97. The van der Waals surface area contributed by atoms with Crippen molar-refractivity contribution in [2.75, 3.05) is 7.11 Å². The van der Waals surface area contributed by atoms with Crippen molar-refractivity contribution in [1.82, 2.24) is 0 Å².